The standard InChI is InChI=1S/C18H18N6O2/c1-3-10(11-4-6-12(7-5-11)17(25)26-2)8-13-9-21-16-14(22-13)15(19)23-18(20)24-16/h4-9H,3H2,1-2H3,(H4,19,20,21,23,24)/b10-8+. The Balaban J connectivity index is 1.98. The minimum absolute atomic E-state index is 0.0625. The van der Waals surface area contributed by atoms with Gasteiger partial charge in [0.05, 0.1) is 24.6 Å². The maximum absolute atomic E-state index is 11.5. The van der Waals surface area contributed by atoms with Crippen molar-refractivity contribution in [1.82, 2.24) is 19.9 Å². The number of nitrogens with two attached hydrogens (primary N) is 2. The molecule has 0 bridgehead atoms. The zero-order valence-corrected chi connectivity index (χ0v) is 14.4. The molecule has 8 heteroatoms. The number of benzene rings is 1. The monoisotopic (exact) mass is 350 g/mol. The molecule has 26 heavy (non-hydrogen) atoms. The summed E-state index contributed by atoms with van der Waals surface area (Å²) in [7, 11) is 1.36. The van der Waals surface area contributed by atoms with Crippen molar-refractivity contribution < 1.29 is 9.53 Å². The van der Waals surface area contributed by atoms with Gasteiger partial charge in [0.1, 0.15) is 0 Å². The van der Waals surface area contributed by atoms with Crippen molar-refractivity contribution in [2.24, 2.45) is 0 Å². The molecule has 0 aliphatic carbocycles. The molecule has 0 saturated carbocycles. The van der Waals surface area contributed by atoms with Gasteiger partial charge < -0.3 is 16.2 Å². The molecule has 1 aromatic carbocycles. The van der Waals surface area contributed by atoms with Gasteiger partial charge in [0.15, 0.2) is 17.0 Å². The quantitative estimate of drug-likeness (QED) is 0.686. The summed E-state index contributed by atoms with van der Waals surface area (Å²) < 4.78 is 4.71. The molecule has 0 radical (unpaired) electrons. The molecule has 0 fully saturated rings. The topological polar surface area (TPSA) is 130 Å². The maximum atomic E-state index is 11.5. The van der Waals surface area contributed by atoms with Crippen molar-refractivity contribution >= 4 is 40.5 Å². The number of carbonyl (C=O) groups is 1. The molecule has 2 aromatic heterocycles. The average Bonchev–Trinajstić information content (AvgIpc) is 2.66. The summed E-state index contributed by atoms with van der Waals surface area (Å²) in [5.74, 6) is -0.114. The smallest absolute Gasteiger partial charge is 0.337 e. The lowest BCUT2D eigenvalue weighted by molar-refractivity contribution is 0.0600. The van der Waals surface area contributed by atoms with Crippen LogP contribution in [0.25, 0.3) is 22.8 Å². The number of methoxy groups -OCH3 is 1. The van der Waals surface area contributed by atoms with Gasteiger partial charge >= 0.3 is 5.97 Å². The number of aromatic nitrogens is 4. The van der Waals surface area contributed by atoms with Crippen molar-refractivity contribution in [3.8, 4) is 0 Å². The number of hydrogen-bond donors (Lipinski definition) is 2. The predicted molar refractivity (Wildman–Crippen MR) is 99.9 cm³/mol. The number of hydrogen-bond acceptors (Lipinski definition) is 8. The Bertz CT molecular complexity index is 998. The first kappa shape index (κ1) is 17.3. The van der Waals surface area contributed by atoms with E-state index in [0.29, 0.717) is 22.4 Å². The lowest BCUT2D eigenvalue weighted by atomic mass is 10.0. The molecular formula is C18H18N6O2. The molecule has 0 amide bonds. The molecular weight excluding hydrogens is 332 g/mol. The minimum Gasteiger partial charge on any atom is -0.465 e. The highest BCUT2D eigenvalue weighted by Gasteiger charge is 2.09. The van der Waals surface area contributed by atoms with Crippen LogP contribution >= 0.6 is 0 Å². The highest BCUT2D eigenvalue weighted by Crippen LogP contribution is 2.23. The van der Waals surface area contributed by atoms with E-state index in [2.05, 4.69) is 19.9 Å². The second-order valence-electron chi connectivity index (χ2n) is 5.53. The van der Waals surface area contributed by atoms with E-state index in [9.17, 15) is 4.79 Å². The van der Waals surface area contributed by atoms with Crippen LogP contribution in [0.1, 0.15) is 35.0 Å². The third-order valence-corrected chi connectivity index (χ3v) is 3.85. The Morgan fingerprint density at radius 2 is 1.81 bits per heavy atom. The fourth-order valence-electron chi connectivity index (χ4n) is 2.54. The number of rotatable bonds is 4. The SMILES string of the molecule is CC/C(=C\c1cnc2nc(N)nc(N)c2n1)c1ccc(C(=O)OC)cc1. The van der Waals surface area contributed by atoms with Gasteiger partial charge in [-0.05, 0) is 35.8 Å². The van der Waals surface area contributed by atoms with E-state index < -0.39 is 0 Å². The van der Waals surface area contributed by atoms with Crippen LogP contribution in [0.2, 0.25) is 0 Å². The van der Waals surface area contributed by atoms with Crippen LogP contribution in [-0.2, 0) is 4.74 Å². The Hall–Kier alpha value is -3.55. The molecule has 3 rings (SSSR count). The van der Waals surface area contributed by atoms with E-state index >= 15 is 0 Å². The van der Waals surface area contributed by atoms with Crippen molar-refractivity contribution in [2.75, 3.05) is 18.6 Å². The molecule has 2 heterocycles. The van der Waals surface area contributed by atoms with Crippen molar-refractivity contribution in [1.29, 1.82) is 0 Å². The first-order valence-corrected chi connectivity index (χ1v) is 7.97. The van der Waals surface area contributed by atoms with Crippen molar-refractivity contribution in [3.63, 3.8) is 0 Å². The van der Waals surface area contributed by atoms with Crippen LogP contribution in [0, 0.1) is 0 Å². The van der Waals surface area contributed by atoms with Gasteiger partial charge in [-0.25, -0.2) is 14.8 Å². The third-order valence-electron chi connectivity index (χ3n) is 3.85. The van der Waals surface area contributed by atoms with Crippen molar-refractivity contribution in [3.05, 3.63) is 47.3 Å². The largest absolute Gasteiger partial charge is 0.465 e. The van der Waals surface area contributed by atoms with Crippen molar-refractivity contribution in [2.45, 2.75) is 13.3 Å². The van der Waals surface area contributed by atoms with E-state index in [-0.39, 0.29) is 17.7 Å². The number of esters is 1. The summed E-state index contributed by atoms with van der Waals surface area (Å²) in [4.78, 5) is 28.2. The zero-order chi connectivity index (χ0) is 18.7. The molecule has 3 aromatic rings. The molecule has 132 valence electrons. The van der Waals surface area contributed by atoms with E-state index in [1.165, 1.54) is 7.11 Å². The van der Waals surface area contributed by atoms with Gasteiger partial charge in [-0.15, -0.1) is 0 Å². The van der Waals surface area contributed by atoms with Gasteiger partial charge in [0.2, 0.25) is 5.95 Å². The number of anilines is 2. The summed E-state index contributed by atoms with van der Waals surface area (Å²) in [6.45, 7) is 2.03. The first-order valence-electron chi connectivity index (χ1n) is 7.97. The van der Waals surface area contributed by atoms with Gasteiger partial charge in [-0.1, -0.05) is 19.1 Å². The van der Waals surface area contributed by atoms with Crippen LogP contribution in [0.15, 0.2) is 30.5 Å². The highest BCUT2D eigenvalue weighted by atomic mass is 16.5. The summed E-state index contributed by atoms with van der Waals surface area (Å²) in [6.07, 6.45) is 4.28. The molecule has 0 aliphatic heterocycles. The number of fused-ring (bicyclic) bond motifs is 1. The fraction of sp³-hybridized carbons (Fsp3) is 0.167. The number of ether oxygens (including phenoxy) is 1. The Labute approximate surface area is 150 Å². The van der Waals surface area contributed by atoms with Crippen LogP contribution in [0.5, 0.6) is 0 Å². The number of nitrogen functional groups attached to an aromatic ring is 2. The van der Waals surface area contributed by atoms with Gasteiger partial charge in [0.25, 0.3) is 0 Å². The average molecular weight is 350 g/mol. The Morgan fingerprint density at radius 1 is 1.12 bits per heavy atom. The summed E-state index contributed by atoms with van der Waals surface area (Å²) >= 11 is 0. The molecule has 8 nitrogen and oxygen atoms in total. The van der Waals surface area contributed by atoms with E-state index in [0.717, 1.165) is 17.6 Å². The Morgan fingerprint density at radius 3 is 2.46 bits per heavy atom. The molecule has 0 saturated heterocycles. The molecule has 0 atom stereocenters. The normalized spacial score (nSPS) is 11.5. The second-order valence-corrected chi connectivity index (χ2v) is 5.53. The van der Waals surface area contributed by atoms with Crippen LogP contribution in [-0.4, -0.2) is 33.0 Å². The molecule has 0 unspecified atom stereocenters. The van der Waals surface area contributed by atoms with Gasteiger partial charge in [-0.3, -0.25) is 0 Å². The van der Waals surface area contributed by atoms with Crippen LogP contribution in [0.3, 0.4) is 0 Å². The lowest BCUT2D eigenvalue weighted by Crippen LogP contribution is -2.03. The third kappa shape index (κ3) is 3.44. The predicted octanol–water partition coefficient (Wildman–Crippen LogP) is 2.32. The highest BCUT2D eigenvalue weighted by molar-refractivity contribution is 5.90. The van der Waals surface area contributed by atoms with Crippen LogP contribution < -0.4 is 11.5 Å². The van der Waals surface area contributed by atoms with E-state index in [4.69, 9.17) is 16.2 Å². The Kier molecular flexibility index (Phi) is 4.74. The minimum atomic E-state index is -0.367. The number of nitrogens with zero attached hydrogens (tertiary/aromatic N) is 4. The second kappa shape index (κ2) is 7.14. The first-order chi connectivity index (χ1) is 12.5. The molecule has 0 spiro atoms. The summed E-state index contributed by atoms with van der Waals surface area (Å²) in [5, 5.41) is 0. The number of allylic oxidation sites excluding steroid dienone is 1. The van der Waals surface area contributed by atoms with E-state index in [1.54, 1.807) is 18.3 Å². The van der Waals surface area contributed by atoms with Gasteiger partial charge in [-0.2, -0.15) is 9.97 Å². The fourth-order valence-corrected chi connectivity index (χ4v) is 2.54. The van der Waals surface area contributed by atoms with Crippen LogP contribution in [0.4, 0.5) is 11.8 Å². The molecule has 0 aliphatic rings. The zero-order valence-electron chi connectivity index (χ0n) is 14.4. The summed E-state index contributed by atoms with van der Waals surface area (Å²) in [5.41, 5.74) is 15.3. The van der Waals surface area contributed by atoms with Gasteiger partial charge in [0, 0.05) is 0 Å². The summed E-state index contributed by atoms with van der Waals surface area (Å²) in [6, 6.07) is 7.19. The maximum Gasteiger partial charge on any atom is 0.337 e. The lowest BCUT2D eigenvalue weighted by Gasteiger charge is -2.07. The van der Waals surface area contributed by atoms with E-state index in [1.807, 2.05) is 25.1 Å². The molecule has 4 N–H and O–H groups in total. The number of carbonyl (C=O) groups excluding carboxylic acids is 1.